The van der Waals surface area contributed by atoms with Crippen LogP contribution < -0.4 is 16.2 Å². The number of hydrogen-bond donors (Lipinski definition) is 2. The molecule has 1 fully saturated rings. The Morgan fingerprint density at radius 2 is 1.74 bits per heavy atom. The molecule has 31 heavy (non-hydrogen) atoms. The lowest BCUT2D eigenvalue weighted by Gasteiger charge is -2.24. The lowest BCUT2D eigenvalue weighted by molar-refractivity contribution is -0.918. The van der Waals surface area contributed by atoms with Crippen LogP contribution in [0.3, 0.4) is 0 Å². The smallest absolute Gasteiger partial charge is 0.344 e. The van der Waals surface area contributed by atoms with Crippen LogP contribution in [0.15, 0.2) is 65.4 Å². The number of phenolic OH excluding ortho intramolecular Hbond substituents is 1. The molecule has 0 aliphatic carbocycles. The van der Waals surface area contributed by atoms with E-state index in [-0.39, 0.29) is 11.3 Å². The Morgan fingerprint density at radius 1 is 0.935 bits per heavy atom. The molecule has 158 valence electrons. The molecule has 2 aromatic carbocycles. The summed E-state index contributed by atoms with van der Waals surface area (Å²) in [6.07, 6.45) is 3.51. The van der Waals surface area contributed by atoms with E-state index in [2.05, 4.69) is 15.9 Å². The van der Waals surface area contributed by atoms with Gasteiger partial charge in [-0.15, -0.1) is 0 Å². The Morgan fingerprint density at radius 3 is 2.55 bits per heavy atom. The molecule has 3 heterocycles. The van der Waals surface area contributed by atoms with Gasteiger partial charge in [-0.25, -0.2) is 9.59 Å². The molecule has 0 bridgehead atoms. The zero-order chi connectivity index (χ0) is 21.5. The van der Waals surface area contributed by atoms with Gasteiger partial charge in [0.05, 0.1) is 24.2 Å². The Kier molecular flexibility index (Phi) is 5.16. The van der Waals surface area contributed by atoms with E-state index in [9.17, 15) is 14.7 Å². The molecule has 2 aromatic heterocycles. The van der Waals surface area contributed by atoms with Gasteiger partial charge in [0, 0.05) is 26.9 Å². The first-order valence-corrected chi connectivity index (χ1v) is 11.1. The highest BCUT2D eigenvalue weighted by molar-refractivity contribution is 9.10. The molecular weight excluding hydrogens is 462 g/mol. The number of quaternary nitrogens is 1. The lowest BCUT2D eigenvalue weighted by Crippen LogP contribution is -3.11. The first-order valence-electron chi connectivity index (χ1n) is 10.4. The molecule has 0 radical (unpaired) electrons. The monoisotopic (exact) mass is 482 g/mol. The standard InChI is InChI=1S/C24H20BrNO5/c25-15-4-7-21-14(10-15)11-18(24(29)30-21)17-12-22(28)31-23-16(17)5-6-20(27)19(23)13-26-8-2-1-3-9-26/h4-7,10-12,27H,1-3,8-9,13H2/p+1. The zero-order valence-corrected chi connectivity index (χ0v) is 18.3. The molecule has 0 amide bonds. The number of likely N-dealkylation sites (tertiary alicyclic amines) is 1. The number of aromatic hydroxyl groups is 1. The molecule has 0 unspecified atom stereocenters. The van der Waals surface area contributed by atoms with E-state index in [1.165, 1.54) is 17.4 Å². The van der Waals surface area contributed by atoms with Crippen molar-refractivity contribution in [2.75, 3.05) is 13.1 Å². The summed E-state index contributed by atoms with van der Waals surface area (Å²) < 4.78 is 11.9. The maximum Gasteiger partial charge on any atom is 0.344 e. The first-order chi connectivity index (χ1) is 15.0. The highest BCUT2D eigenvalue weighted by Gasteiger charge is 2.22. The Hall–Kier alpha value is -2.90. The van der Waals surface area contributed by atoms with Crippen LogP contribution in [0, 0.1) is 0 Å². The summed E-state index contributed by atoms with van der Waals surface area (Å²) >= 11 is 3.43. The summed E-state index contributed by atoms with van der Waals surface area (Å²) in [7, 11) is 0. The van der Waals surface area contributed by atoms with Gasteiger partial charge < -0.3 is 18.8 Å². The third-order valence-corrected chi connectivity index (χ3v) is 6.46. The van der Waals surface area contributed by atoms with Crippen LogP contribution in [0.5, 0.6) is 5.75 Å². The van der Waals surface area contributed by atoms with Crippen LogP contribution in [0.4, 0.5) is 0 Å². The molecule has 0 atom stereocenters. The fourth-order valence-corrected chi connectivity index (χ4v) is 4.80. The van der Waals surface area contributed by atoms with E-state index in [4.69, 9.17) is 8.83 Å². The van der Waals surface area contributed by atoms with Gasteiger partial charge in [-0.2, -0.15) is 0 Å². The summed E-state index contributed by atoms with van der Waals surface area (Å²) in [6, 6.07) is 11.7. The van der Waals surface area contributed by atoms with Crippen molar-refractivity contribution in [3.05, 3.63) is 73.3 Å². The van der Waals surface area contributed by atoms with Crippen molar-refractivity contribution in [1.82, 2.24) is 0 Å². The molecule has 5 rings (SSSR count). The average molecular weight is 483 g/mol. The molecule has 6 nitrogen and oxygen atoms in total. The Bertz CT molecular complexity index is 1420. The van der Waals surface area contributed by atoms with Gasteiger partial charge in [-0.05, 0) is 55.7 Å². The van der Waals surface area contributed by atoms with Crippen LogP contribution in [-0.2, 0) is 6.54 Å². The van der Waals surface area contributed by atoms with Gasteiger partial charge in [-0.3, -0.25) is 0 Å². The molecule has 0 saturated carbocycles. The predicted octanol–water partition coefficient (Wildman–Crippen LogP) is 3.60. The number of hydrogen-bond acceptors (Lipinski definition) is 5. The largest absolute Gasteiger partial charge is 0.507 e. The third kappa shape index (κ3) is 3.79. The van der Waals surface area contributed by atoms with E-state index >= 15 is 0 Å². The van der Waals surface area contributed by atoms with E-state index < -0.39 is 11.3 Å². The first kappa shape index (κ1) is 20.0. The summed E-state index contributed by atoms with van der Waals surface area (Å²) in [6.45, 7) is 2.60. The molecule has 1 aliphatic heterocycles. The average Bonchev–Trinajstić information content (AvgIpc) is 2.76. The highest BCUT2D eigenvalue weighted by atomic mass is 79.9. The number of nitrogens with one attached hydrogen (secondary N) is 1. The van der Waals surface area contributed by atoms with Crippen molar-refractivity contribution in [2.24, 2.45) is 0 Å². The summed E-state index contributed by atoms with van der Waals surface area (Å²) in [5.74, 6) is 0.0975. The van der Waals surface area contributed by atoms with Gasteiger partial charge in [0.15, 0.2) is 5.58 Å². The maximum absolute atomic E-state index is 12.8. The molecule has 4 aromatic rings. The Labute approximate surface area is 185 Å². The number of rotatable bonds is 3. The second-order valence-electron chi connectivity index (χ2n) is 8.04. The number of benzene rings is 2. The molecule has 7 heteroatoms. The van der Waals surface area contributed by atoms with E-state index in [0.29, 0.717) is 34.2 Å². The van der Waals surface area contributed by atoms with E-state index in [1.54, 1.807) is 30.3 Å². The van der Waals surface area contributed by atoms with Crippen molar-refractivity contribution in [2.45, 2.75) is 25.8 Å². The minimum Gasteiger partial charge on any atom is -0.507 e. The minimum absolute atomic E-state index is 0.0975. The van der Waals surface area contributed by atoms with Crippen molar-refractivity contribution in [3.8, 4) is 16.9 Å². The van der Waals surface area contributed by atoms with Gasteiger partial charge in [0.2, 0.25) is 0 Å². The van der Waals surface area contributed by atoms with Gasteiger partial charge in [0.1, 0.15) is 17.9 Å². The predicted molar refractivity (Wildman–Crippen MR) is 122 cm³/mol. The molecule has 0 spiro atoms. The molecular formula is C24H21BrNO5+. The molecule has 1 aliphatic rings. The van der Waals surface area contributed by atoms with Crippen LogP contribution in [-0.4, -0.2) is 18.2 Å². The molecule has 2 N–H and O–H groups in total. The van der Waals surface area contributed by atoms with Gasteiger partial charge in [0.25, 0.3) is 0 Å². The quantitative estimate of drug-likeness (QED) is 0.435. The number of halogens is 1. The zero-order valence-electron chi connectivity index (χ0n) is 16.7. The highest BCUT2D eigenvalue weighted by Crippen LogP contribution is 2.33. The normalized spacial score (nSPS) is 15.0. The van der Waals surface area contributed by atoms with Gasteiger partial charge >= 0.3 is 11.3 Å². The Balaban J connectivity index is 1.72. The number of fused-ring (bicyclic) bond motifs is 2. The third-order valence-electron chi connectivity index (χ3n) is 5.96. The maximum atomic E-state index is 12.8. The minimum atomic E-state index is -0.572. The van der Waals surface area contributed by atoms with Crippen LogP contribution >= 0.6 is 15.9 Å². The summed E-state index contributed by atoms with van der Waals surface area (Å²) in [4.78, 5) is 26.6. The van der Waals surface area contributed by atoms with Crippen molar-refractivity contribution >= 4 is 37.9 Å². The van der Waals surface area contributed by atoms with Crippen LogP contribution in [0.1, 0.15) is 24.8 Å². The van der Waals surface area contributed by atoms with Crippen molar-refractivity contribution in [1.29, 1.82) is 0 Å². The number of piperidine rings is 1. The second-order valence-corrected chi connectivity index (χ2v) is 8.95. The number of phenols is 1. The van der Waals surface area contributed by atoms with E-state index in [1.807, 2.05) is 6.07 Å². The van der Waals surface area contributed by atoms with Crippen molar-refractivity contribution < 1.29 is 18.8 Å². The van der Waals surface area contributed by atoms with Crippen molar-refractivity contribution in [3.63, 3.8) is 0 Å². The molecule has 1 saturated heterocycles. The SMILES string of the molecule is O=c1cc(-c2cc3cc(Br)ccc3oc2=O)c2ccc(O)c(C[NH+]3CCCCC3)c2o1. The van der Waals surface area contributed by atoms with E-state index in [0.717, 1.165) is 35.8 Å². The topological polar surface area (TPSA) is 85.1 Å². The summed E-state index contributed by atoms with van der Waals surface area (Å²) in [5.41, 5.74) is 1.02. The fourth-order valence-electron chi connectivity index (χ4n) is 4.43. The van der Waals surface area contributed by atoms with Gasteiger partial charge in [-0.1, -0.05) is 15.9 Å². The fraction of sp³-hybridized carbons (Fsp3) is 0.250. The summed E-state index contributed by atoms with van der Waals surface area (Å²) in [5, 5.41) is 11.9. The second kappa shape index (κ2) is 7.98. The van der Waals surface area contributed by atoms with Crippen LogP contribution in [0.25, 0.3) is 33.1 Å². The lowest BCUT2D eigenvalue weighted by atomic mass is 9.99. The van der Waals surface area contributed by atoms with Crippen LogP contribution in [0.2, 0.25) is 0 Å².